The third-order valence-corrected chi connectivity index (χ3v) is 12.1. The molecule has 0 N–H and O–H groups in total. The Kier molecular flexibility index (Phi) is 10.1. The first-order valence-electron chi connectivity index (χ1n) is 15.6. The van der Waals surface area contributed by atoms with Crippen LogP contribution in [0.2, 0.25) is 17.3 Å². The second kappa shape index (κ2) is 14.4. The van der Waals surface area contributed by atoms with Crippen molar-refractivity contribution in [1.82, 2.24) is 9.97 Å². The molecule has 239 valence electrons. The van der Waals surface area contributed by atoms with Gasteiger partial charge in [0, 0.05) is 32.9 Å². The van der Waals surface area contributed by atoms with E-state index in [1.807, 2.05) is 24.3 Å². The van der Waals surface area contributed by atoms with Crippen molar-refractivity contribution in [2.45, 2.75) is 37.0 Å². The van der Waals surface area contributed by atoms with Gasteiger partial charge in [0.05, 0.1) is 11.8 Å². The van der Waals surface area contributed by atoms with Gasteiger partial charge >= 0.3 is 135 Å². The molecule has 0 amide bonds. The van der Waals surface area contributed by atoms with E-state index in [0.29, 0.717) is 22.4 Å². The zero-order valence-electron chi connectivity index (χ0n) is 27.8. The minimum Gasteiger partial charge on any atom is 0 e. The van der Waals surface area contributed by atoms with Gasteiger partial charge in [0.25, 0.3) is 0 Å². The summed E-state index contributed by atoms with van der Waals surface area (Å²) in [4.78, 5) is 8.85. The van der Waals surface area contributed by atoms with Crippen LogP contribution in [0.25, 0.3) is 55.6 Å². The number of nitrogens with zero attached hydrogens (tertiary/aromatic N) is 2. The van der Waals surface area contributed by atoms with Crippen LogP contribution >= 0.6 is 0 Å². The second-order valence-electron chi connectivity index (χ2n) is 12.4. The molecule has 3 heterocycles. The van der Waals surface area contributed by atoms with Gasteiger partial charge in [-0.2, -0.15) is 0 Å². The van der Waals surface area contributed by atoms with E-state index >= 15 is 0 Å². The zero-order valence-corrected chi connectivity index (χ0v) is 31.3. The summed E-state index contributed by atoms with van der Waals surface area (Å²) in [6.45, 7) is 3.23. The fraction of sp³-hybridized carbons (Fsp3) is 0.150. The maximum absolute atomic E-state index is 14.0. The van der Waals surface area contributed by atoms with Crippen molar-refractivity contribution in [2.75, 3.05) is 0 Å². The predicted molar refractivity (Wildman–Crippen MR) is 187 cm³/mol. The molecule has 7 aromatic rings. The molecule has 0 unspecified atom stereocenters. The molecule has 0 aliphatic carbocycles. The van der Waals surface area contributed by atoms with Gasteiger partial charge in [-0.1, -0.05) is 30.9 Å². The number of hydrogen-bond acceptors (Lipinski definition) is 3. The van der Waals surface area contributed by atoms with Gasteiger partial charge in [0.1, 0.15) is 17.2 Å². The predicted octanol–water partition coefficient (Wildman–Crippen LogP) is 10.6. The van der Waals surface area contributed by atoms with Crippen LogP contribution in [0.15, 0.2) is 114 Å². The molecule has 0 aliphatic heterocycles. The molecule has 47 heavy (non-hydrogen) atoms. The van der Waals surface area contributed by atoms with E-state index in [9.17, 15) is 8.78 Å². The average molecular weight is 863 g/mol. The fourth-order valence-corrected chi connectivity index (χ4v) is 8.57. The van der Waals surface area contributed by atoms with Crippen LogP contribution in [0.4, 0.5) is 8.78 Å². The minimum absolute atomic E-state index is 0. The number of fused-ring (bicyclic) bond motifs is 3. The van der Waals surface area contributed by atoms with Gasteiger partial charge in [-0.05, 0) is 29.3 Å². The van der Waals surface area contributed by atoms with Crippen LogP contribution < -0.4 is 4.40 Å². The number of hydrogen-bond donors (Lipinski definition) is 0. The van der Waals surface area contributed by atoms with Gasteiger partial charge in [-0.25, -0.2) is 8.78 Å². The largest absolute Gasteiger partial charge is 0 e. The summed E-state index contributed by atoms with van der Waals surface area (Å²) in [5.74, 6) is 5.23. The van der Waals surface area contributed by atoms with Crippen molar-refractivity contribution < 1.29 is 34.7 Å². The molecule has 0 saturated heterocycles. The Morgan fingerprint density at radius 2 is 1.53 bits per heavy atom. The van der Waals surface area contributed by atoms with Crippen molar-refractivity contribution in [3.63, 3.8) is 0 Å². The summed E-state index contributed by atoms with van der Waals surface area (Å²) in [6.07, 6.45) is 3.20. The average Bonchev–Trinajstić information content (AvgIpc) is 3.43. The van der Waals surface area contributed by atoms with Gasteiger partial charge in [-0.15, -0.1) is 18.2 Å². The zero-order chi connectivity index (χ0) is 33.3. The van der Waals surface area contributed by atoms with E-state index in [1.54, 1.807) is 32.0 Å². The van der Waals surface area contributed by atoms with Crippen LogP contribution in [0, 0.1) is 23.8 Å². The summed E-state index contributed by atoms with van der Waals surface area (Å²) in [5.41, 5.74) is 6.84. The Labute approximate surface area is 292 Å². The number of halogens is 2. The molecule has 7 rings (SSSR count). The Morgan fingerprint density at radius 3 is 2.23 bits per heavy atom. The Balaban J connectivity index is 0.000000186. The van der Waals surface area contributed by atoms with Crippen molar-refractivity contribution in [2.24, 2.45) is 0 Å². The topological polar surface area (TPSA) is 38.9 Å². The summed E-state index contributed by atoms with van der Waals surface area (Å²) >= 11 is -1.99. The number of pyridine rings is 2. The first kappa shape index (κ1) is 33.0. The van der Waals surface area contributed by atoms with E-state index in [0.717, 1.165) is 28.2 Å². The molecular formula is C40H34F2GeIrN2O-2. The van der Waals surface area contributed by atoms with Gasteiger partial charge in [0.15, 0.2) is 0 Å². The van der Waals surface area contributed by atoms with Crippen molar-refractivity contribution in [3.8, 4) is 33.6 Å². The molecule has 0 spiro atoms. The third kappa shape index (κ3) is 7.46. The first-order chi connectivity index (χ1) is 22.4. The first-order valence-corrected chi connectivity index (χ1v) is 22.5. The number of aromatic nitrogens is 2. The minimum atomic E-state index is -1.99. The Hall–Kier alpha value is -3.97. The van der Waals surface area contributed by atoms with Crippen LogP contribution in [0.1, 0.15) is 26.7 Å². The molecule has 3 nitrogen and oxygen atoms in total. The van der Waals surface area contributed by atoms with Gasteiger partial charge in [0.2, 0.25) is 0 Å². The molecule has 3 aromatic heterocycles. The summed E-state index contributed by atoms with van der Waals surface area (Å²) in [7, 11) is 0. The van der Waals surface area contributed by atoms with E-state index < -0.39 is 25.0 Å². The molecule has 0 aliphatic rings. The molecule has 0 saturated carbocycles. The van der Waals surface area contributed by atoms with E-state index in [-0.39, 0.29) is 31.5 Å². The monoisotopic (exact) mass is 864 g/mol. The molecule has 7 heteroatoms. The summed E-state index contributed by atoms with van der Waals surface area (Å²) in [5, 5.41) is 1.59. The maximum Gasteiger partial charge on any atom is 0 e. The van der Waals surface area contributed by atoms with Crippen LogP contribution in [0.3, 0.4) is 0 Å². The Morgan fingerprint density at radius 1 is 0.787 bits per heavy atom. The second-order valence-corrected chi connectivity index (χ2v) is 23.0. The molecule has 0 atom stereocenters. The SMILES string of the molecule is [2H]C(C)(C)c1cc(-c2[c-]ccc3c2oc2cc(F)ccc23)ncc1F.[CH3][Ge]([CH3])([CH3])[c]1cnc(-c2[c-]cccc2)cc1-c1ccccc1.[Ir]. The van der Waals surface area contributed by atoms with Crippen LogP contribution in [-0.4, -0.2) is 23.2 Å². The Bertz CT molecular complexity index is 2190. The van der Waals surface area contributed by atoms with E-state index in [1.165, 1.54) is 27.7 Å². The molecule has 0 bridgehead atoms. The standard InChI is InChI=1S/C20H14F2NO.C20H20GeN.Ir/c1-11(2)16-9-18(23-10-17(16)22)15-5-3-4-14-13-7-6-12(21)8-19(13)24-20(14)15;1-21(2,3)19-15-22-20(17-12-8-5-9-13-17)14-18(19)16-10-6-4-7-11-16;/h3-4,6-11H,1-2H3;4-12,14-15H,1-3H3;/q2*-1;/i11D;;. The summed E-state index contributed by atoms with van der Waals surface area (Å²) in [6, 6.07) is 36.7. The maximum atomic E-state index is 14.0. The van der Waals surface area contributed by atoms with E-state index in [4.69, 9.17) is 10.8 Å². The fourth-order valence-electron chi connectivity index (χ4n) is 5.47. The third-order valence-electron chi connectivity index (χ3n) is 7.83. The van der Waals surface area contributed by atoms with E-state index in [2.05, 4.69) is 83.0 Å². The molecule has 0 fully saturated rings. The van der Waals surface area contributed by atoms with Gasteiger partial charge < -0.3 is 9.40 Å². The normalized spacial score (nSPS) is 11.9. The van der Waals surface area contributed by atoms with Crippen molar-refractivity contribution in [3.05, 3.63) is 139 Å². The quantitative estimate of drug-likeness (QED) is 0.128. The molecular weight excluding hydrogens is 827 g/mol. The summed E-state index contributed by atoms with van der Waals surface area (Å²) < 4.78 is 42.9. The number of benzene rings is 4. The van der Waals surface area contributed by atoms with Crippen LogP contribution in [0.5, 0.6) is 0 Å². The van der Waals surface area contributed by atoms with Crippen molar-refractivity contribution >= 4 is 39.6 Å². The molecule has 1 radical (unpaired) electrons. The van der Waals surface area contributed by atoms with Gasteiger partial charge in [-0.3, -0.25) is 0 Å². The van der Waals surface area contributed by atoms with Crippen LogP contribution in [-0.2, 0) is 20.1 Å². The number of rotatable bonds is 5. The van der Waals surface area contributed by atoms with Crippen molar-refractivity contribution in [1.29, 1.82) is 0 Å². The smallest absolute Gasteiger partial charge is 0 e. The number of furan rings is 1. The molecule has 4 aromatic carbocycles.